The van der Waals surface area contributed by atoms with Crippen LogP contribution < -0.4 is 9.64 Å². The van der Waals surface area contributed by atoms with Crippen LogP contribution in [0.2, 0.25) is 0 Å². The first-order valence-corrected chi connectivity index (χ1v) is 6.54. The Morgan fingerprint density at radius 2 is 1.95 bits per heavy atom. The number of phenolic OH excluding ortho intramolecular Hbond substituents is 1. The summed E-state index contributed by atoms with van der Waals surface area (Å²) in [6.45, 7) is 0.168. The second kappa shape index (κ2) is 5.36. The van der Waals surface area contributed by atoms with Crippen LogP contribution in [-0.2, 0) is 11.3 Å². The monoisotopic (exact) mass is 300 g/mol. The number of aromatic hydroxyl groups is 1. The Hall–Kier alpha value is -3.09. The van der Waals surface area contributed by atoms with Crippen LogP contribution in [0.1, 0.15) is 5.56 Å². The predicted octanol–water partition coefficient (Wildman–Crippen LogP) is 2.23. The maximum Gasteiger partial charge on any atom is 0.269 e. The molecule has 0 saturated heterocycles. The summed E-state index contributed by atoms with van der Waals surface area (Å²) in [7, 11) is 0. The van der Waals surface area contributed by atoms with Crippen molar-refractivity contribution < 1.29 is 19.6 Å². The van der Waals surface area contributed by atoms with Crippen LogP contribution in [0.3, 0.4) is 0 Å². The van der Waals surface area contributed by atoms with Gasteiger partial charge < -0.3 is 14.7 Å². The van der Waals surface area contributed by atoms with E-state index in [1.54, 1.807) is 18.2 Å². The number of carbonyl (C=O) groups is 1. The fourth-order valence-corrected chi connectivity index (χ4v) is 2.27. The zero-order valence-corrected chi connectivity index (χ0v) is 11.4. The van der Waals surface area contributed by atoms with Crippen molar-refractivity contribution in [2.45, 2.75) is 6.54 Å². The standard InChI is InChI=1S/C15H12N2O5/c18-12-5-6-13-14(7-12)22-9-15(19)16(13)8-10-1-3-11(4-2-10)17(20)21/h1-7,18H,8-9H2. The number of anilines is 1. The SMILES string of the molecule is O=C1COc2cc(O)ccc2N1Cc1ccc([N+](=O)[O-])cc1. The van der Waals surface area contributed by atoms with E-state index in [1.165, 1.54) is 29.2 Å². The van der Waals surface area contributed by atoms with Crippen LogP contribution in [0.15, 0.2) is 42.5 Å². The molecule has 0 fully saturated rings. The first-order chi connectivity index (χ1) is 10.5. The van der Waals surface area contributed by atoms with Gasteiger partial charge in [-0.25, -0.2) is 0 Å². The van der Waals surface area contributed by atoms with E-state index in [1.807, 2.05) is 0 Å². The van der Waals surface area contributed by atoms with Gasteiger partial charge in [0.15, 0.2) is 6.61 Å². The third-order valence-corrected chi connectivity index (χ3v) is 3.37. The first-order valence-electron chi connectivity index (χ1n) is 6.54. The summed E-state index contributed by atoms with van der Waals surface area (Å²) < 4.78 is 5.29. The van der Waals surface area contributed by atoms with Gasteiger partial charge in [0.05, 0.1) is 17.2 Å². The van der Waals surface area contributed by atoms with E-state index in [2.05, 4.69) is 0 Å². The van der Waals surface area contributed by atoms with Crippen LogP contribution >= 0.6 is 0 Å². The lowest BCUT2D eigenvalue weighted by molar-refractivity contribution is -0.384. The Balaban J connectivity index is 1.88. The summed E-state index contributed by atoms with van der Waals surface area (Å²) in [5.74, 6) is 0.279. The van der Waals surface area contributed by atoms with E-state index in [-0.39, 0.29) is 30.5 Å². The average molecular weight is 300 g/mol. The number of rotatable bonds is 3. The van der Waals surface area contributed by atoms with Crippen molar-refractivity contribution in [3.05, 3.63) is 58.1 Å². The number of nitro benzene ring substituents is 1. The summed E-state index contributed by atoms with van der Waals surface area (Å²) >= 11 is 0. The molecule has 2 aromatic carbocycles. The third kappa shape index (κ3) is 2.56. The number of fused-ring (bicyclic) bond motifs is 1. The van der Waals surface area contributed by atoms with Crippen LogP contribution in [-0.4, -0.2) is 22.5 Å². The van der Waals surface area contributed by atoms with Gasteiger partial charge in [-0.2, -0.15) is 0 Å². The van der Waals surface area contributed by atoms with Crippen LogP contribution in [0.5, 0.6) is 11.5 Å². The molecular formula is C15H12N2O5. The molecule has 1 amide bonds. The third-order valence-electron chi connectivity index (χ3n) is 3.37. The van der Waals surface area contributed by atoms with Crippen molar-refractivity contribution in [3.63, 3.8) is 0 Å². The van der Waals surface area contributed by atoms with Gasteiger partial charge in [-0.15, -0.1) is 0 Å². The second-order valence-electron chi connectivity index (χ2n) is 4.84. The number of nitrogens with zero attached hydrogens (tertiary/aromatic N) is 2. The number of nitro groups is 1. The zero-order chi connectivity index (χ0) is 15.7. The minimum atomic E-state index is -0.470. The zero-order valence-electron chi connectivity index (χ0n) is 11.4. The number of hydrogen-bond donors (Lipinski definition) is 1. The summed E-state index contributed by atoms with van der Waals surface area (Å²) in [5.41, 5.74) is 1.33. The molecule has 3 rings (SSSR count). The Kier molecular flexibility index (Phi) is 3.38. The molecule has 7 heteroatoms. The number of carbonyl (C=O) groups excluding carboxylic acids is 1. The van der Waals surface area contributed by atoms with Gasteiger partial charge in [0.25, 0.3) is 11.6 Å². The predicted molar refractivity (Wildman–Crippen MR) is 77.9 cm³/mol. The first kappa shape index (κ1) is 13.9. The fourth-order valence-electron chi connectivity index (χ4n) is 2.27. The number of ether oxygens (including phenoxy) is 1. The largest absolute Gasteiger partial charge is 0.508 e. The van der Waals surface area contributed by atoms with E-state index in [0.29, 0.717) is 11.4 Å². The summed E-state index contributed by atoms with van der Waals surface area (Å²) in [6.07, 6.45) is 0. The average Bonchev–Trinajstić information content (AvgIpc) is 2.50. The number of amides is 1. The van der Waals surface area contributed by atoms with Gasteiger partial charge in [0, 0.05) is 18.2 Å². The molecule has 7 nitrogen and oxygen atoms in total. The summed E-state index contributed by atoms with van der Waals surface area (Å²) in [6, 6.07) is 10.6. The molecule has 0 aliphatic carbocycles. The van der Waals surface area contributed by atoms with Gasteiger partial charge in [-0.3, -0.25) is 14.9 Å². The Labute approximate surface area is 125 Å². The van der Waals surface area contributed by atoms with E-state index in [4.69, 9.17) is 4.74 Å². The highest BCUT2D eigenvalue weighted by molar-refractivity contribution is 5.97. The van der Waals surface area contributed by atoms with Crippen molar-refractivity contribution in [2.24, 2.45) is 0 Å². The number of benzene rings is 2. The van der Waals surface area contributed by atoms with Gasteiger partial charge in [0.2, 0.25) is 0 Å². The molecule has 2 aromatic rings. The molecule has 0 saturated carbocycles. The Morgan fingerprint density at radius 3 is 2.64 bits per heavy atom. The van der Waals surface area contributed by atoms with Crippen molar-refractivity contribution in [1.82, 2.24) is 0 Å². The highest BCUT2D eigenvalue weighted by Crippen LogP contribution is 2.35. The smallest absolute Gasteiger partial charge is 0.269 e. The van der Waals surface area contributed by atoms with Crippen molar-refractivity contribution in [1.29, 1.82) is 0 Å². The lowest BCUT2D eigenvalue weighted by atomic mass is 10.1. The molecule has 0 radical (unpaired) electrons. The number of non-ortho nitro benzene ring substituents is 1. The molecule has 0 bridgehead atoms. The number of phenols is 1. The van der Waals surface area contributed by atoms with Crippen molar-refractivity contribution in [3.8, 4) is 11.5 Å². The van der Waals surface area contributed by atoms with Gasteiger partial charge in [-0.1, -0.05) is 12.1 Å². The fraction of sp³-hybridized carbons (Fsp3) is 0.133. The summed E-state index contributed by atoms with van der Waals surface area (Å²) in [4.78, 5) is 23.8. The van der Waals surface area contributed by atoms with Crippen LogP contribution in [0, 0.1) is 10.1 Å². The maximum atomic E-state index is 12.1. The van der Waals surface area contributed by atoms with Crippen LogP contribution in [0.25, 0.3) is 0 Å². The van der Waals surface area contributed by atoms with Gasteiger partial charge in [-0.05, 0) is 17.7 Å². The normalized spacial score (nSPS) is 13.5. The van der Waals surface area contributed by atoms with Crippen molar-refractivity contribution in [2.75, 3.05) is 11.5 Å². The molecular weight excluding hydrogens is 288 g/mol. The molecule has 0 atom stereocenters. The lowest BCUT2D eigenvalue weighted by Gasteiger charge is -2.29. The molecule has 0 aromatic heterocycles. The molecule has 1 aliphatic rings. The lowest BCUT2D eigenvalue weighted by Crippen LogP contribution is -2.38. The minimum absolute atomic E-state index is 0.00220. The summed E-state index contributed by atoms with van der Waals surface area (Å²) in [5, 5.41) is 20.1. The van der Waals surface area contributed by atoms with Gasteiger partial charge >= 0.3 is 0 Å². The Morgan fingerprint density at radius 1 is 1.23 bits per heavy atom. The van der Waals surface area contributed by atoms with E-state index in [9.17, 15) is 20.0 Å². The molecule has 22 heavy (non-hydrogen) atoms. The highest BCUT2D eigenvalue weighted by Gasteiger charge is 2.26. The molecule has 0 spiro atoms. The quantitative estimate of drug-likeness (QED) is 0.693. The second-order valence-corrected chi connectivity index (χ2v) is 4.84. The van der Waals surface area contributed by atoms with E-state index < -0.39 is 4.92 Å². The Bertz CT molecular complexity index is 742. The topological polar surface area (TPSA) is 92.9 Å². The minimum Gasteiger partial charge on any atom is -0.508 e. The molecule has 112 valence electrons. The molecule has 1 aliphatic heterocycles. The van der Waals surface area contributed by atoms with E-state index >= 15 is 0 Å². The molecule has 0 unspecified atom stereocenters. The van der Waals surface area contributed by atoms with E-state index in [0.717, 1.165) is 5.56 Å². The van der Waals surface area contributed by atoms with Gasteiger partial charge in [0.1, 0.15) is 11.5 Å². The van der Waals surface area contributed by atoms with Crippen molar-refractivity contribution >= 4 is 17.3 Å². The van der Waals surface area contributed by atoms with Crippen LogP contribution in [0.4, 0.5) is 11.4 Å². The number of hydrogen-bond acceptors (Lipinski definition) is 5. The maximum absolute atomic E-state index is 12.1. The molecule has 1 N–H and O–H groups in total. The molecule has 1 heterocycles. The highest BCUT2D eigenvalue weighted by atomic mass is 16.6.